The van der Waals surface area contributed by atoms with Gasteiger partial charge in [0.1, 0.15) is 30.1 Å². The SMILES string of the molecule is CN(C)CCNC(=O)C1CCC(n2cc(-c3ccn(C)n3)c3c(N)ncnc32)O1. The van der Waals surface area contributed by atoms with E-state index in [1.165, 1.54) is 6.33 Å². The molecule has 10 nitrogen and oxygen atoms in total. The Morgan fingerprint density at radius 3 is 2.93 bits per heavy atom. The third-order valence-electron chi connectivity index (χ3n) is 5.09. The lowest BCUT2D eigenvalue weighted by Crippen LogP contribution is -2.38. The molecular weight excluding hydrogens is 372 g/mol. The summed E-state index contributed by atoms with van der Waals surface area (Å²) in [5.41, 5.74) is 8.47. The Balaban J connectivity index is 1.59. The van der Waals surface area contributed by atoms with Crippen molar-refractivity contribution in [3.8, 4) is 11.3 Å². The van der Waals surface area contributed by atoms with Crippen LogP contribution in [0.25, 0.3) is 22.3 Å². The highest BCUT2D eigenvalue weighted by atomic mass is 16.5. The molecule has 2 unspecified atom stereocenters. The van der Waals surface area contributed by atoms with Gasteiger partial charge in [-0.05, 0) is 33.0 Å². The van der Waals surface area contributed by atoms with E-state index in [0.717, 1.165) is 23.2 Å². The Kier molecular flexibility index (Phi) is 5.20. The first-order valence-corrected chi connectivity index (χ1v) is 9.63. The van der Waals surface area contributed by atoms with Crippen molar-refractivity contribution in [2.24, 2.45) is 7.05 Å². The van der Waals surface area contributed by atoms with Gasteiger partial charge in [0, 0.05) is 38.1 Å². The number of likely N-dealkylation sites (N-methyl/N-ethyl adjacent to an activating group) is 1. The normalized spacial score (nSPS) is 19.3. The summed E-state index contributed by atoms with van der Waals surface area (Å²) in [7, 11) is 5.80. The minimum absolute atomic E-state index is 0.0788. The molecule has 1 fully saturated rings. The number of nitrogens with two attached hydrogens (primary N) is 1. The van der Waals surface area contributed by atoms with E-state index in [4.69, 9.17) is 10.5 Å². The van der Waals surface area contributed by atoms with Crippen LogP contribution >= 0.6 is 0 Å². The molecule has 1 aliphatic heterocycles. The maximum absolute atomic E-state index is 12.4. The van der Waals surface area contributed by atoms with Gasteiger partial charge in [-0.25, -0.2) is 9.97 Å². The van der Waals surface area contributed by atoms with Crippen LogP contribution in [0, 0.1) is 0 Å². The second-order valence-electron chi connectivity index (χ2n) is 7.53. The van der Waals surface area contributed by atoms with Gasteiger partial charge in [-0.2, -0.15) is 5.10 Å². The molecule has 0 aliphatic carbocycles. The number of rotatable bonds is 6. The first kappa shape index (κ1) is 19.3. The van der Waals surface area contributed by atoms with Crippen LogP contribution in [0.1, 0.15) is 19.1 Å². The topological polar surface area (TPSA) is 116 Å². The van der Waals surface area contributed by atoms with Crippen LogP contribution in [0.2, 0.25) is 0 Å². The number of nitrogens with zero attached hydrogens (tertiary/aromatic N) is 6. The molecule has 0 saturated carbocycles. The van der Waals surface area contributed by atoms with Gasteiger partial charge in [0.2, 0.25) is 5.91 Å². The number of fused-ring (bicyclic) bond motifs is 1. The van der Waals surface area contributed by atoms with E-state index < -0.39 is 6.10 Å². The van der Waals surface area contributed by atoms with Crippen LogP contribution in [0.5, 0.6) is 0 Å². The summed E-state index contributed by atoms with van der Waals surface area (Å²) in [6.07, 6.45) is 5.84. The van der Waals surface area contributed by atoms with E-state index in [-0.39, 0.29) is 12.1 Å². The number of nitrogens with one attached hydrogen (secondary N) is 1. The second kappa shape index (κ2) is 7.80. The molecule has 29 heavy (non-hydrogen) atoms. The fraction of sp³-hybridized carbons (Fsp3) is 0.474. The van der Waals surface area contributed by atoms with E-state index in [0.29, 0.717) is 30.9 Å². The van der Waals surface area contributed by atoms with Crippen LogP contribution in [0.4, 0.5) is 5.82 Å². The standard InChI is InChI=1S/C19H26N8O2/c1-25(2)9-7-21-19(28)14-4-5-15(29-14)27-10-12(13-6-8-26(3)24-13)16-17(20)22-11-23-18(16)27/h6,8,10-11,14-15H,4-5,7,9H2,1-3H3,(H,21,28)(H2,20,22,23). The number of aryl methyl sites for hydroxylation is 1. The average molecular weight is 398 g/mol. The van der Waals surface area contributed by atoms with Crippen molar-refractivity contribution in [2.45, 2.75) is 25.2 Å². The zero-order chi connectivity index (χ0) is 20.5. The molecule has 2 atom stereocenters. The maximum Gasteiger partial charge on any atom is 0.249 e. The van der Waals surface area contributed by atoms with E-state index in [1.54, 1.807) is 4.68 Å². The smallest absolute Gasteiger partial charge is 0.249 e. The average Bonchev–Trinajstić information content (AvgIpc) is 3.39. The quantitative estimate of drug-likeness (QED) is 0.630. The van der Waals surface area contributed by atoms with Crippen molar-refractivity contribution in [3.63, 3.8) is 0 Å². The minimum atomic E-state index is -0.475. The number of hydrogen-bond donors (Lipinski definition) is 2. The third-order valence-corrected chi connectivity index (χ3v) is 5.09. The van der Waals surface area contributed by atoms with Gasteiger partial charge in [-0.15, -0.1) is 0 Å². The highest BCUT2D eigenvalue weighted by Gasteiger charge is 2.33. The van der Waals surface area contributed by atoms with Crippen molar-refractivity contribution in [3.05, 3.63) is 24.8 Å². The summed E-state index contributed by atoms with van der Waals surface area (Å²) in [6.45, 7) is 1.38. The number of carbonyl (C=O) groups excluding carboxylic acids is 1. The van der Waals surface area contributed by atoms with Gasteiger partial charge < -0.3 is 25.3 Å². The molecule has 0 bridgehead atoms. The Labute approximate surface area is 168 Å². The molecule has 4 heterocycles. The Morgan fingerprint density at radius 1 is 1.38 bits per heavy atom. The van der Waals surface area contributed by atoms with Gasteiger partial charge in [-0.1, -0.05) is 0 Å². The van der Waals surface area contributed by atoms with Gasteiger partial charge in [-0.3, -0.25) is 9.48 Å². The molecule has 3 N–H and O–H groups in total. The molecule has 0 radical (unpaired) electrons. The molecule has 0 aromatic carbocycles. The molecule has 154 valence electrons. The van der Waals surface area contributed by atoms with Crippen LogP contribution < -0.4 is 11.1 Å². The minimum Gasteiger partial charge on any atom is -0.383 e. The number of anilines is 1. The van der Waals surface area contributed by atoms with Crippen molar-refractivity contribution in [1.29, 1.82) is 0 Å². The fourth-order valence-electron chi connectivity index (χ4n) is 3.61. The maximum atomic E-state index is 12.4. The third kappa shape index (κ3) is 3.81. The predicted molar refractivity (Wildman–Crippen MR) is 109 cm³/mol. The predicted octanol–water partition coefficient (Wildman–Crippen LogP) is 0.769. The summed E-state index contributed by atoms with van der Waals surface area (Å²) in [6, 6.07) is 1.92. The lowest BCUT2D eigenvalue weighted by molar-refractivity contribution is -0.133. The Morgan fingerprint density at radius 2 is 2.21 bits per heavy atom. The van der Waals surface area contributed by atoms with Crippen molar-refractivity contribution in [2.75, 3.05) is 32.9 Å². The molecule has 1 aliphatic rings. The van der Waals surface area contributed by atoms with Crippen LogP contribution in [0.15, 0.2) is 24.8 Å². The van der Waals surface area contributed by atoms with Gasteiger partial charge >= 0.3 is 0 Å². The summed E-state index contributed by atoms with van der Waals surface area (Å²) in [4.78, 5) is 23.0. The number of nitrogen functional groups attached to an aromatic ring is 1. The lowest BCUT2D eigenvalue weighted by Gasteiger charge is -2.16. The van der Waals surface area contributed by atoms with E-state index in [2.05, 4.69) is 20.4 Å². The Hall–Kier alpha value is -2.98. The number of ether oxygens (including phenoxy) is 1. The van der Waals surface area contributed by atoms with E-state index in [9.17, 15) is 4.79 Å². The molecule has 4 rings (SSSR count). The molecule has 10 heteroatoms. The van der Waals surface area contributed by atoms with E-state index in [1.807, 2.05) is 49.1 Å². The van der Waals surface area contributed by atoms with E-state index >= 15 is 0 Å². The van der Waals surface area contributed by atoms with Crippen molar-refractivity contribution in [1.82, 2.24) is 34.5 Å². The first-order chi connectivity index (χ1) is 13.9. The first-order valence-electron chi connectivity index (χ1n) is 9.63. The second-order valence-corrected chi connectivity index (χ2v) is 7.53. The summed E-state index contributed by atoms with van der Waals surface area (Å²) < 4.78 is 9.75. The number of amides is 1. The molecule has 3 aromatic rings. The summed E-state index contributed by atoms with van der Waals surface area (Å²) in [5.74, 6) is 0.315. The molecular formula is C19H26N8O2. The number of hydrogen-bond acceptors (Lipinski definition) is 7. The molecule has 0 spiro atoms. The largest absolute Gasteiger partial charge is 0.383 e. The molecule has 1 amide bonds. The van der Waals surface area contributed by atoms with Crippen LogP contribution in [-0.4, -0.2) is 68.4 Å². The number of carbonyl (C=O) groups is 1. The fourth-order valence-corrected chi connectivity index (χ4v) is 3.61. The monoisotopic (exact) mass is 398 g/mol. The van der Waals surface area contributed by atoms with Gasteiger partial charge in [0.25, 0.3) is 0 Å². The van der Waals surface area contributed by atoms with Gasteiger partial charge in [0.15, 0.2) is 0 Å². The van der Waals surface area contributed by atoms with Crippen LogP contribution in [-0.2, 0) is 16.6 Å². The summed E-state index contributed by atoms with van der Waals surface area (Å²) >= 11 is 0. The number of aromatic nitrogens is 5. The zero-order valence-electron chi connectivity index (χ0n) is 16.9. The van der Waals surface area contributed by atoms with Crippen molar-refractivity contribution >= 4 is 22.8 Å². The lowest BCUT2D eigenvalue weighted by atomic mass is 10.2. The molecule has 1 saturated heterocycles. The Bertz CT molecular complexity index is 1020. The molecule has 3 aromatic heterocycles. The highest BCUT2D eigenvalue weighted by Crippen LogP contribution is 2.37. The van der Waals surface area contributed by atoms with Gasteiger partial charge in [0.05, 0.1) is 11.1 Å². The van der Waals surface area contributed by atoms with Crippen molar-refractivity contribution < 1.29 is 9.53 Å². The highest BCUT2D eigenvalue weighted by molar-refractivity contribution is 5.99. The van der Waals surface area contributed by atoms with Crippen LogP contribution in [0.3, 0.4) is 0 Å². The summed E-state index contributed by atoms with van der Waals surface area (Å²) in [5, 5.41) is 8.17. The zero-order valence-corrected chi connectivity index (χ0v) is 16.9.